The van der Waals surface area contributed by atoms with Crippen LogP contribution in [0.1, 0.15) is 17.5 Å². The lowest BCUT2D eigenvalue weighted by Crippen LogP contribution is -2.12. The minimum Gasteiger partial charge on any atom is -0.326 e. The maximum absolute atomic E-state index is 11.8. The van der Waals surface area contributed by atoms with E-state index in [2.05, 4.69) is 5.32 Å². The largest absolute Gasteiger partial charge is 0.326 e. The van der Waals surface area contributed by atoms with Gasteiger partial charge in [-0.2, -0.15) is 0 Å². The van der Waals surface area contributed by atoms with Crippen molar-refractivity contribution in [3.05, 3.63) is 65.7 Å². The molecule has 2 rings (SSSR count). The van der Waals surface area contributed by atoms with E-state index in [9.17, 15) is 4.79 Å². The van der Waals surface area contributed by atoms with Gasteiger partial charge in [-0.05, 0) is 29.7 Å². The lowest BCUT2D eigenvalue weighted by molar-refractivity contribution is -0.116. The van der Waals surface area contributed by atoms with Crippen molar-refractivity contribution in [2.24, 2.45) is 0 Å². The summed E-state index contributed by atoms with van der Waals surface area (Å²) < 4.78 is 0. The summed E-state index contributed by atoms with van der Waals surface area (Å²) in [5, 5.41) is 2.88. The van der Waals surface area contributed by atoms with Crippen LogP contribution in [0.3, 0.4) is 0 Å². The SMILES string of the molecule is O=C(CCc1ccccc1)Nc1ccc(CCl)cc1. The molecule has 2 aromatic rings. The monoisotopic (exact) mass is 273 g/mol. The van der Waals surface area contributed by atoms with Gasteiger partial charge in [0, 0.05) is 18.0 Å². The molecule has 0 unspecified atom stereocenters. The Kier molecular flexibility index (Phi) is 4.99. The highest BCUT2D eigenvalue weighted by Crippen LogP contribution is 2.12. The van der Waals surface area contributed by atoms with Gasteiger partial charge in [-0.15, -0.1) is 11.6 Å². The quantitative estimate of drug-likeness (QED) is 0.820. The van der Waals surface area contributed by atoms with Gasteiger partial charge in [0.2, 0.25) is 5.91 Å². The average Bonchev–Trinajstić information content (AvgIpc) is 2.47. The van der Waals surface area contributed by atoms with Crippen LogP contribution in [-0.2, 0) is 17.1 Å². The first kappa shape index (κ1) is 13.6. The number of alkyl halides is 1. The predicted molar refractivity (Wildman–Crippen MR) is 79.4 cm³/mol. The smallest absolute Gasteiger partial charge is 0.224 e. The van der Waals surface area contributed by atoms with Crippen molar-refractivity contribution in [1.29, 1.82) is 0 Å². The van der Waals surface area contributed by atoms with Gasteiger partial charge in [0.25, 0.3) is 0 Å². The zero-order valence-electron chi connectivity index (χ0n) is 10.6. The van der Waals surface area contributed by atoms with E-state index < -0.39 is 0 Å². The first-order chi connectivity index (χ1) is 9.28. The number of carbonyl (C=O) groups is 1. The Morgan fingerprint density at radius 1 is 0.947 bits per heavy atom. The van der Waals surface area contributed by atoms with Crippen LogP contribution in [0, 0.1) is 0 Å². The highest BCUT2D eigenvalue weighted by Gasteiger charge is 2.03. The molecule has 3 heteroatoms. The van der Waals surface area contributed by atoms with E-state index in [0.29, 0.717) is 12.3 Å². The third-order valence-corrected chi connectivity index (χ3v) is 3.18. The van der Waals surface area contributed by atoms with E-state index in [0.717, 1.165) is 17.7 Å². The van der Waals surface area contributed by atoms with E-state index in [4.69, 9.17) is 11.6 Å². The Hall–Kier alpha value is -1.80. The standard InChI is InChI=1S/C16H16ClNO/c17-12-14-6-9-15(10-7-14)18-16(19)11-8-13-4-2-1-3-5-13/h1-7,9-10H,8,11-12H2,(H,18,19). The van der Waals surface area contributed by atoms with Crippen LogP contribution in [-0.4, -0.2) is 5.91 Å². The second-order valence-electron chi connectivity index (χ2n) is 4.36. The first-order valence-electron chi connectivity index (χ1n) is 6.26. The molecule has 0 heterocycles. The van der Waals surface area contributed by atoms with Gasteiger partial charge in [-0.1, -0.05) is 42.5 Å². The topological polar surface area (TPSA) is 29.1 Å². The summed E-state index contributed by atoms with van der Waals surface area (Å²) in [5.74, 6) is 0.518. The molecule has 2 aromatic carbocycles. The number of aryl methyl sites for hydroxylation is 1. The average molecular weight is 274 g/mol. The molecule has 98 valence electrons. The maximum atomic E-state index is 11.8. The van der Waals surface area contributed by atoms with Gasteiger partial charge in [-0.25, -0.2) is 0 Å². The fourth-order valence-electron chi connectivity index (χ4n) is 1.80. The summed E-state index contributed by atoms with van der Waals surface area (Å²) in [6.45, 7) is 0. The van der Waals surface area contributed by atoms with Gasteiger partial charge < -0.3 is 5.32 Å². The molecular weight excluding hydrogens is 258 g/mol. The number of rotatable bonds is 5. The molecule has 1 N–H and O–H groups in total. The fourth-order valence-corrected chi connectivity index (χ4v) is 1.98. The number of halogens is 1. The van der Waals surface area contributed by atoms with E-state index in [1.807, 2.05) is 54.6 Å². The van der Waals surface area contributed by atoms with Gasteiger partial charge in [0.15, 0.2) is 0 Å². The summed E-state index contributed by atoms with van der Waals surface area (Å²) in [6, 6.07) is 17.6. The Bertz CT molecular complexity index is 522. The van der Waals surface area contributed by atoms with Crippen molar-refractivity contribution >= 4 is 23.2 Å². The van der Waals surface area contributed by atoms with Crippen LogP contribution in [0.4, 0.5) is 5.69 Å². The van der Waals surface area contributed by atoms with Crippen molar-refractivity contribution in [2.45, 2.75) is 18.7 Å². The molecule has 0 spiro atoms. The minimum atomic E-state index is 0.0301. The Morgan fingerprint density at radius 2 is 1.63 bits per heavy atom. The van der Waals surface area contributed by atoms with Crippen LogP contribution in [0.2, 0.25) is 0 Å². The summed E-state index contributed by atoms with van der Waals surface area (Å²) in [4.78, 5) is 11.8. The fraction of sp³-hybridized carbons (Fsp3) is 0.188. The number of amides is 1. The molecule has 0 saturated carbocycles. The van der Waals surface area contributed by atoms with E-state index in [-0.39, 0.29) is 5.91 Å². The zero-order valence-corrected chi connectivity index (χ0v) is 11.4. The number of benzene rings is 2. The van der Waals surface area contributed by atoms with Gasteiger partial charge in [0.05, 0.1) is 0 Å². The molecule has 0 saturated heterocycles. The maximum Gasteiger partial charge on any atom is 0.224 e. The van der Waals surface area contributed by atoms with E-state index >= 15 is 0 Å². The van der Waals surface area contributed by atoms with Crippen molar-refractivity contribution in [2.75, 3.05) is 5.32 Å². The molecule has 0 bridgehead atoms. The van der Waals surface area contributed by atoms with Crippen LogP contribution >= 0.6 is 11.6 Å². The number of carbonyl (C=O) groups excluding carboxylic acids is 1. The Balaban J connectivity index is 1.83. The molecule has 0 fully saturated rings. The highest BCUT2D eigenvalue weighted by atomic mass is 35.5. The Labute approximate surface area is 118 Å². The summed E-state index contributed by atoms with van der Waals surface area (Å²) in [6.07, 6.45) is 1.24. The van der Waals surface area contributed by atoms with Gasteiger partial charge in [0.1, 0.15) is 0 Å². The number of nitrogens with one attached hydrogen (secondary N) is 1. The van der Waals surface area contributed by atoms with E-state index in [1.165, 1.54) is 5.56 Å². The number of anilines is 1. The van der Waals surface area contributed by atoms with Crippen LogP contribution < -0.4 is 5.32 Å². The first-order valence-corrected chi connectivity index (χ1v) is 6.80. The van der Waals surface area contributed by atoms with Crippen molar-refractivity contribution in [3.63, 3.8) is 0 Å². The summed E-state index contributed by atoms with van der Waals surface area (Å²) in [7, 11) is 0. The van der Waals surface area contributed by atoms with Crippen LogP contribution in [0.5, 0.6) is 0 Å². The highest BCUT2D eigenvalue weighted by molar-refractivity contribution is 6.17. The lowest BCUT2D eigenvalue weighted by Gasteiger charge is -2.06. The summed E-state index contributed by atoms with van der Waals surface area (Å²) in [5.41, 5.74) is 3.03. The van der Waals surface area contributed by atoms with Gasteiger partial charge in [-0.3, -0.25) is 4.79 Å². The second kappa shape index (κ2) is 6.95. The van der Waals surface area contributed by atoms with Crippen LogP contribution in [0.15, 0.2) is 54.6 Å². The molecule has 0 aliphatic rings. The predicted octanol–water partition coefficient (Wildman–Crippen LogP) is 4.00. The molecule has 2 nitrogen and oxygen atoms in total. The third kappa shape index (κ3) is 4.42. The summed E-state index contributed by atoms with van der Waals surface area (Å²) >= 11 is 5.72. The minimum absolute atomic E-state index is 0.0301. The van der Waals surface area contributed by atoms with E-state index in [1.54, 1.807) is 0 Å². The molecule has 1 amide bonds. The number of hydrogen-bond acceptors (Lipinski definition) is 1. The molecule has 19 heavy (non-hydrogen) atoms. The van der Waals surface area contributed by atoms with Crippen LogP contribution in [0.25, 0.3) is 0 Å². The normalized spacial score (nSPS) is 10.2. The molecule has 0 aromatic heterocycles. The van der Waals surface area contributed by atoms with Crippen molar-refractivity contribution in [3.8, 4) is 0 Å². The molecule has 0 radical (unpaired) electrons. The molecule has 0 aliphatic carbocycles. The third-order valence-electron chi connectivity index (χ3n) is 2.88. The molecule has 0 aliphatic heterocycles. The molecular formula is C16H16ClNO. The van der Waals surface area contributed by atoms with Gasteiger partial charge >= 0.3 is 0 Å². The van der Waals surface area contributed by atoms with Crippen molar-refractivity contribution in [1.82, 2.24) is 0 Å². The lowest BCUT2D eigenvalue weighted by atomic mass is 10.1. The Morgan fingerprint density at radius 3 is 2.26 bits per heavy atom. The molecule has 0 atom stereocenters. The number of hydrogen-bond donors (Lipinski definition) is 1. The zero-order chi connectivity index (χ0) is 13.5. The second-order valence-corrected chi connectivity index (χ2v) is 4.63. The van der Waals surface area contributed by atoms with Crippen molar-refractivity contribution < 1.29 is 4.79 Å².